The topological polar surface area (TPSA) is 43.1 Å². The molecule has 2 rings (SSSR count). The SMILES string of the molecule is O=[N+]([O-])c1c(Br)cc2ccccc2c1I. The van der Waals surface area contributed by atoms with Gasteiger partial charge in [-0.3, -0.25) is 10.1 Å². The molecular formula is C10H5BrINO2. The van der Waals surface area contributed by atoms with Crippen molar-refractivity contribution in [3.63, 3.8) is 0 Å². The lowest BCUT2D eigenvalue weighted by molar-refractivity contribution is -0.386. The largest absolute Gasteiger partial charge is 0.297 e. The third-order valence-electron chi connectivity index (χ3n) is 2.10. The Hall–Kier alpha value is -0.690. The summed E-state index contributed by atoms with van der Waals surface area (Å²) in [7, 11) is 0. The molecule has 0 radical (unpaired) electrons. The molecule has 0 saturated heterocycles. The third-order valence-corrected chi connectivity index (χ3v) is 3.79. The second-order valence-electron chi connectivity index (χ2n) is 3.00. The minimum Gasteiger partial charge on any atom is -0.258 e. The van der Waals surface area contributed by atoms with Gasteiger partial charge in [-0.1, -0.05) is 24.3 Å². The number of nitrogens with zero attached hydrogens (tertiary/aromatic N) is 1. The first-order chi connectivity index (χ1) is 7.11. The van der Waals surface area contributed by atoms with E-state index < -0.39 is 0 Å². The van der Waals surface area contributed by atoms with Crippen LogP contribution in [0.4, 0.5) is 5.69 Å². The van der Waals surface area contributed by atoms with Gasteiger partial charge in [-0.05, 0) is 50.0 Å². The van der Waals surface area contributed by atoms with E-state index in [2.05, 4.69) is 15.9 Å². The maximum Gasteiger partial charge on any atom is 0.297 e. The fraction of sp³-hybridized carbons (Fsp3) is 0. The monoisotopic (exact) mass is 377 g/mol. The first-order valence-corrected chi connectivity index (χ1v) is 5.99. The maximum atomic E-state index is 10.9. The third kappa shape index (κ3) is 1.85. The summed E-state index contributed by atoms with van der Waals surface area (Å²) in [5.41, 5.74) is 0.134. The van der Waals surface area contributed by atoms with Crippen LogP contribution in [0.25, 0.3) is 10.8 Å². The van der Waals surface area contributed by atoms with E-state index in [0.717, 1.165) is 10.8 Å². The smallest absolute Gasteiger partial charge is 0.258 e. The van der Waals surface area contributed by atoms with E-state index in [0.29, 0.717) is 8.04 Å². The molecule has 0 spiro atoms. The standard InChI is InChI=1S/C10H5BrINO2/c11-8-5-6-3-1-2-4-7(6)9(12)10(8)13(14)15/h1-5H. The Morgan fingerprint density at radius 3 is 2.67 bits per heavy atom. The summed E-state index contributed by atoms with van der Waals surface area (Å²) in [5.74, 6) is 0. The molecule has 0 aliphatic carbocycles. The fourth-order valence-corrected chi connectivity index (χ4v) is 3.37. The molecule has 0 saturated carbocycles. The van der Waals surface area contributed by atoms with Crippen molar-refractivity contribution in [3.8, 4) is 0 Å². The number of fused-ring (bicyclic) bond motifs is 1. The Kier molecular flexibility index (Phi) is 2.92. The van der Waals surface area contributed by atoms with Gasteiger partial charge in [0.2, 0.25) is 0 Å². The van der Waals surface area contributed by atoms with Crippen LogP contribution in [0.2, 0.25) is 0 Å². The maximum absolute atomic E-state index is 10.9. The Morgan fingerprint density at radius 1 is 1.33 bits per heavy atom. The lowest BCUT2D eigenvalue weighted by Crippen LogP contribution is -1.93. The second kappa shape index (κ2) is 4.05. The van der Waals surface area contributed by atoms with Crippen LogP contribution in [-0.4, -0.2) is 4.92 Å². The van der Waals surface area contributed by atoms with Crippen LogP contribution < -0.4 is 0 Å². The number of rotatable bonds is 1. The van der Waals surface area contributed by atoms with Crippen LogP contribution in [0, 0.1) is 13.7 Å². The first-order valence-electron chi connectivity index (χ1n) is 4.12. The van der Waals surface area contributed by atoms with Crippen molar-refractivity contribution in [1.82, 2.24) is 0 Å². The fourth-order valence-electron chi connectivity index (χ4n) is 1.43. The molecule has 0 bridgehead atoms. The molecular weight excluding hydrogens is 373 g/mol. The van der Waals surface area contributed by atoms with Crippen LogP contribution in [0.5, 0.6) is 0 Å². The van der Waals surface area contributed by atoms with E-state index in [9.17, 15) is 10.1 Å². The van der Waals surface area contributed by atoms with Gasteiger partial charge in [0.25, 0.3) is 5.69 Å². The van der Waals surface area contributed by atoms with Crippen LogP contribution in [0.3, 0.4) is 0 Å². The van der Waals surface area contributed by atoms with Crippen LogP contribution in [0.15, 0.2) is 34.8 Å². The zero-order valence-corrected chi connectivity index (χ0v) is 11.1. The zero-order chi connectivity index (χ0) is 11.0. The van der Waals surface area contributed by atoms with Gasteiger partial charge in [0.15, 0.2) is 0 Å². The van der Waals surface area contributed by atoms with Gasteiger partial charge >= 0.3 is 0 Å². The van der Waals surface area contributed by atoms with Crippen molar-refractivity contribution in [3.05, 3.63) is 48.5 Å². The number of hydrogen-bond acceptors (Lipinski definition) is 2. The Bertz CT molecular complexity index is 556. The normalized spacial score (nSPS) is 10.5. The summed E-state index contributed by atoms with van der Waals surface area (Å²) in [6, 6.07) is 9.39. The number of nitro groups is 1. The lowest BCUT2D eigenvalue weighted by atomic mass is 10.1. The van der Waals surface area contributed by atoms with Gasteiger partial charge in [0, 0.05) is 5.39 Å². The highest BCUT2D eigenvalue weighted by Crippen LogP contribution is 2.35. The molecule has 0 atom stereocenters. The summed E-state index contributed by atoms with van der Waals surface area (Å²) in [6.45, 7) is 0. The molecule has 0 unspecified atom stereocenters. The van der Waals surface area contributed by atoms with Gasteiger partial charge in [-0.25, -0.2) is 0 Å². The van der Waals surface area contributed by atoms with Crippen molar-refractivity contribution in [2.24, 2.45) is 0 Å². The van der Waals surface area contributed by atoms with Crippen molar-refractivity contribution < 1.29 is 4.92 Å². The molecule has 0 fully saturated rings. The molecule has 15 heavy (non-hydrogen) atoms. The quantitative estimate of drug-likeness (QED) is 0.426. The minimum absolute atomic E-state index is 0.134. The van der Waals surface area contributed by atoms with E-state index in [1.807, 2.05) is 46.9 Å². The Morgan fingerprint density at radius 2 is 2.00 bits per heavy atom. The summed E-state index contributed by atoms with van der Waals surface area (Å²) in [4.78, 5) is 10.5. The number of nitro benzene ring substituents is 1. The predicted molar refractivity (Wildman–Crippen MR) is 71.0 cm³/mol. The van der Waals surface area contributed by atoms with Crippen molar-refractivity contribution in [1.29, 1.82) is 0 Å². The highest BCUT2D eigenvalue weighted by atomic mass is 127. The number of hydrogen-bond donors (Lipinski definition) is 0. The molecule has 0 aliphatic rings. The molecule has 3 nitrogen and oxygen atoms in total. The van der Waals surface area contributed by atoms with Crippen LogP contribution in [0.1, 0.15) is 0 Å². The van der Waals surface area contributed by atoms with Gasteiger partial charge in [0.1, 0.15) is 0 Å². The highest BCUT2D eigenvalue weighted by Gasteiger charge is 2.19. The predicted octanol–water partition coefficient (Wildman–Crippen LogP) is 4.12. The summed E-state index contributed by atoms with van der Waals surface area (Å²) >= 11 is 5.23. The van der Waals surface area contributed by atoms with Crippen molar-refractivity contribution in [2.45, 2.75) is 0 Å². The van der Waals surface area contributed by atoms with Crippen molar-refractivity contribution in [2.75, 3.05) is 0 Å². The molecule has 2 aromatic carbocycles. The second-order valence-corrected chi connectivity index (χ2v) is 4.93. The molecule has 2 aromatic rings. The molecule has 0 N–H and O–H groups in total. The Labute approximate surface area is 108 Å². The molecule has 0 heterocycles. The molecule has 0 amide bonds. The van der Waals surface area contributed by atoms with Gasteiger partial charge in [-0.15, -0.1) is 0 Å². The van der Waals surface area contributed by atoms with E-state index in [4.69, 9.17) is 0 Å². The molecule has 0 aliphatic heterocycles. The van der Waals surface area contributed by atoms with E-state index >= 15 is 0 Å². The van der Waals surface area contributed by atoms with Crippen LogP contribution in [-0.2, 0) is 0 Å². The average Bonchev–Trinajstić information content (AvgIpc) is 2.17. The first kappa shape index (κ1) is 10.8. The minimum atomic E-state index is -0.363. The van der Waals surface area contributed by atoms with E-state index in [1.54, 1.807) is 6.07 Å². The number of benzene rings is 2. The van der Waals surface area contributed by atoms with Crippen LogP contribution >= 0.6 is 38.5 Å². The highest BCUT2D eigenvalue weighted by molar-refractivity contribution is 14.1. The lowest BCUT2D eigenvalue weighted by Gasteiger charge is -2.03. The van der Waals surface area contributed by atoms with Gasteiger partial charge < -0.3 is 0 Å². The summed E-state index contributed by atoms with van der Waals surface area (Å²) in [6.07, 6.45) is 0. The molecule has 0 aromatic heterocycles. The Balaban J connectivity index is 2.90. The van der Waals surface area contributed by atoms with Gasteiger partial charge in [0.05, 0.1) is 13.0 Å². The van der Waals surface area contributed by atoms with E-state index in [-0.39, 0.29) is 10.6 Å². The summed E-state index contributed by atoms with van der Waals surface area (Å²) < 4.78 is 1.19. The zero-order valence-electron chi connectivity index (χ0n) is 7.41. The van der Waals surface area contributed by atoms with Gasteiger partial charge in [-0.2, -0.15) is 0 Å². The van der Waals surface area contributed by atoms with E-state index in [1.165, 1.54) is 0 Å². The summed E-state index contributed by atoms with van der Waals surface area (Å²) in [5, 5.41) is 12.8. The molecule has 76 valence electrons. The number of halogens is 2. The van der Waals surface area contributed by atoms with Crippen molar-refractivity contribution >= 4 is 55.0 Å². The molecule has 5 heteroatoms. The average molecular weight is 378 g/mol.